The lowest BCUT2D eigenvalue weighted by Gasteiger charge is -2.36. The fourth-order valence-electron chi connectivity index (χ4n) is 10.9. The van der Waals surface area contributed by atoms with Crippen molar-refractivity contribution >= 4 is 26.3 Å². The molecule has 2 heterocycles. The first-order valence-electron chi connectivity index (χ1n) is 25.8. The van der Waals surface area contributed by atoms with Gasteiger partial charge in [0.1, 0.15) is 5.60 Å². The Morgan fingerprint density at radius 2 is 0.809 bits per heavy atom. The molecule has 388 valence electrons. The van der Waals surface area contributed by atoms with Crippen LogP contribution in [0.15, 0.2) is 58.3 Å². The molecule has 5 fully saturated rings. The van der Waals surface area contributed by atoms with E-state index in [2.05, 4.69) is 62.3 Å². The average molecular weight is 989 g/mol. The van der Waals surface area contributed by atoms with Gasteiger partial charge in [-0.2, -0.15) is 16.8 Å². The summed E-state index contributed by atoms with van der Waals surface area (Å²) >= 11 is 0. The summed E-state index contributed by atoms with van der Waals surface area (Å²) in [6.45, 7) is 29.4. The Morgan fingerprint density at radius 3 is 1.07 bits per heavy atom. The number of fused-ring (bicyclic) bond motifs is 2. The molecular weight excluding hydrogens is 897 g/mol. The van der Waals surface area contributed by atoms with Gasteiger partial charge >= 0.3 is 6.09 Å². The topological polar surface area (TPSA) is 194 Å². The van der Waals surface area contributed by atoms with Crippen LogP contribution < -0.4 is 17.2 Å². The van der Waals surface area contributed by atoms with Gasteiger partial charge in [-0.15, -0.1) is 0 Å². The molecule has 2 aliphatic heterocycles. The van der Waals surface area contributed by atoms with Crippen LogP contribution in [-0.2, 0) is 33.3 Å². The molecule has 0 radical (unpaired) electrons. The van der Waals surface area contributed by atoms with Crippen molar-refractivity contribution in [2.75, 3.05) is 13.2 Å². The van der Waals surface area contributed by atoms with E-state index < -0.39 is 43.8 Å². The molecule has 12 nitrogen and oxygen atoms in total. The molecule has 2 aromatic rings. The van der Waals surface area contributed by atoms with Crippen LogP contribution in [0.4, 0.5) is 4.79 Å². The van der Waals surface area contributed by atoms with E-state index >= 15 is 0 Å². The van der Waals surface area contributed by atoms with Crippen LogP contribution in [0, 0.1) is 78.9 Å². The highest BCUT2D eigenvalue weighted by Crippen LogP contribution is 2.47. The average Bonchev–Trinajstić information content (AvgIpc) is 3.84. The molecule has 0 unspecified atom stereocenters. The number of hydrogen-bond acceptors (Lipinski definition) is 11. The van der Waals surface area contributed by atoms with E-state index in [9.17, 15) is 21.6 Å². The lowest BCUT2D eigenvalue weighted by Crippen LogP contribution is -2.41. The summed E-state index contributed by atoms with van der Waals surface area (Å²) in [5.41, 5.74) is 18.9. The van der Waals surface area contributed by atoms with E-state index in [4.69, 9.17) is 30.3 Å². The van der Waals surface area contributed by atoms with Gasteiger partial charge in [0.25, 0.3) is 20.2 Å². The Kier molecular flexibility index (Phi) is 21.1. The second-order valence-corrected chi connectivity index (χ2v) is 26.1. The first-order chi connectivity index (χ1) is 31.6. The summed E-state index contributed by atoms with van der Waals surface area (Å²) in [4.78, 5) is 14.8. The standard InChI is InChI=1S/C27H35NO8S2.3C9H19N/c1-18-6-10-20(11-7-18)37(30,31)34-16-22-23(17-35-38(32,33)21-12-8-19(2)9-13-21)25-15-14-24(22)28(25)26(29)36-27(3,4)5;3*1-6-4-5-9(10)8(3)7(6)2/h6-13,22-25H,14-17H2,1-5H3;3*6-9H,4-5,10H2,1-3H3/t22-,23+,24-,25+;6-,7+,8+,9-;6-,7+,8-,9-;6-,7-,8-,9-/m.000/s1. The van der Waals surface area contributed by atoms with E-state index in [1.165, 1.54) is 62.8 Å². The lowest BCUT2D eigenvalue weighted by atomic mass is 9.72. The number of rotatable bonds is 8. The maximum atomic E-state index is 13.1. The Bertz CT molecular complexity index is 1890. The van der Waals surface area contributed by atoms with Crippen LogP contribution in [0.2, 0.25) is 0 Å². The second kappa shape index (κ2) is 24.7. The second-order valence-electron chi connectivity index (χ2n) is 22.8. The molecule has 6 N–H and O–H groups in total. The van der Waals surface area contributed by atoms with Crippen LogP contribution in [0.3, 0.4) is 0 Å². The van der Waals surface area contributed by atoms with Crippen molar-refractivity contribution in [3.05, 3.63) is 59.7 Å². The van der Waals surface area contributed by atoms with Crippen molar-refractivity contribution in [2.45, 2.75) is 194 Å². The minimum absolute atomic E-state index is 0.0324. The fraction of sp³-hybridized carbons (Fsp3) is 0.759. The molecule has 0 spiro atoms. The van der Waals surface area contributed by atoms with Gasteiger partial charge in [0, 0.05) is 42.0 Å². The molecule has 7 rings (SSSR count). The largest absolute Gasteiger partial charge is 0.444 e. The van der Waals surface area contributed by atoms with E-state index in [0.29, 0.717) is 31.0 Å². The Balaban J connectivity index is 0.000000268. The molecule has 16 atom stereocenters. The van der Waals surface area contributed by atoms with Crippen molar-refractivity contribution in [1.82, 2.24) is 4.90 Å². The highest BCUT2D eigenvalue weighted by atomic mass is 32.2. The van der Waals surface area contributed by atoms with E-state index in [1.54, 1.807) is 49.9 Å². The number of carbonyl (C=O) groups excluding carboxylic acids is 1. The molecule has 68 heavy (non-hydrogen) atoms. The molecule has 3 saturated carbocycles. The van der Waals surface area contributed by atoms with Gasteiger partial charge in [0.15, 0.2) is 0 Å². The summed E-state index contributed by atoms with van der Waals surface area (Å²) in [5, 5.41) is 0. The van der Waals surface area contributed by atoms with Gasteiger partial charge in [0.05, 0.1) is 23.0 Å². The molecular formula is C54H92N4O8S2. The predicted molar refractivity (Wildman–Crippen MR) is 275 cm³/mol. The summed E-state index contributed by atoms with van der Waals surface area (Å²) in [6.07, 6.45) is 8.41. The molecule has 5 aliphatic rings. The molecule has 3 aliphatic carbocycles. The van der Waals surface area contributed by atoms with E-state index in [0.717, 1.165) is 64.4 Å². The number of amides is 1. The predicted octanol–water partition coefficient (Wildman–Crippen LogP) is 10.5. The maximum absolute atomic E-state index is 13.1. The maximum Gasteiger partial charge on any atom is 0.410 e. The monoisotopic (exact) mass is 989 g/mol. The van der Waals surface area contributed by atoms with Crippen molar-refractivity contribution in [3.8, 4) is 0 Å². The van der Waals surface area contributed by atoms with Gasteiger partial charge in [0.2, 0.25) is 0 Å². The number of nitrogens with zero attached hydrogens (tertiary/aromatic N) is 1. The van der Waals surface area contributed by atoms with Crippen LogP contribution in [-0.4, -0.2) is 76.9 Å². The molecule has 2 saturated heterocycles. The van der Waals surface area contributed by atoms with Crippen LogP contribution in [0.25, 0.3) is 0 Å². The highest BCUT2D eigenvalue weighted by molar-refractivity contribution is 7.87. The van der Waals surface area contributed by atoms with Crippen molar-refractivity contribution in [2.24, 2.45) is 82.3 Å². The Labute approximate surface area is 413 Å². The molecule has 1 amide bonds. The van der Waals surface area contributed by atoms with Gasteiger partial charge in [-0.1, -0.05) is 97.7 Å². The van der Waals surface area contributed by atoms with E-state index in [1.807, 2.05) is 13.8 Å². The third-order valence-electron chi connectivity index (χ3n) is 17.1. The van der Waals surface area contributed by atoms with Gasteiger partial charge < -0.3 is 26.8 Å². The fourth-order valence-corrected chi connectivity index (χ4v) is 12.8. The zero-order valence-electron chi connectivity index (χ0n) is 44.2. The minimum atomic E-state index is -4.06. The number of aryl methyl sites for hydroxylation is 2. The normalized spacial score (nSPS) is 34.9. The highest BCUT2D eigenvalue weighted by Gasteiger charge is 2.56. The Hall–Kier alpha value is -2.59. The van der Waals surface area contributed by atoms with Crippen LogP contribution in [0.1, 0.15) is 146 Å². The van der Waals surface area contributed by atoms with E-state index in [-0.39, 0.29) is 35.1 Å². The number of carbonyl (C=O) groups is 1. The van der Waals surface area contributed by atoms with Gasteiger partial charge in [-0.3, -0.25) is 8.37 Å². The lowest BCUT2D eigenvalue weighted by molar-refractivity contribution is 0.0192. The zero-order chi connectivity index (χ0) is 51.1. The summed E-state index contributed by atoms with van der Waals surface area (Å²) in [6, 6.07) is 13.3. The molecule has 2 bridgehead atoms. The Morgan fingerprint density at radius 1 is 0.515 bits per heavy atom. The van der Waals surface area contributed by atoms with Crippen molar-refractivity contribution in [1.29, 1.82) is 0 Å². The summed E-state index contributed by atoms with van der Waals surface area (Å²) in [7, 11) is -8.11. The van der Waals surface area contributed by atoms with Crippen molar-refractivity contribution in [3.63, 3.8) is 0 Å². The molecule has 14 heteroatoms. The number of benzene rings is 2. The minimum Gasteiger partial charge on any atom is -0.444 e. The van der Waals surface area contributed by atoms with Crippen LogP contribution in [0.5, 0.6) is 0 Å². The van der Waals surface area contributed by atoms with Gasteiger partial charge in [-0.25, -0.2) is 4.79 Å². The third-order valence-corrected chi connectivity index (χ3v) is 19.7. The molecule has 2 aromatic carbocycles. The van der Waals surface area contributed by atoms with Crippen molar-refractivity contribution < 1.29 is 34.7 Å². The summed E-state index contributed by atoms with van der Waals surface area (Å²) in [5.74, 6) is 6.37. The smallest absolute Gasteiger partial charge is 0.410 e. The quantitative estimate of drug-likeness (QED) is 0.213. The van der Waals surface area contributed by atoms with Gasteiger partial charge in [-0.05, 0) is 164 Å². The summed E-state index contributed by atoms with van der Waals surface area (Å²) < 4.78 is 68.1. The number of hydrogen-bond donors (Lipinski definition) is 3. The number of ether oxygens (including phenoxy) is 1. The van der Waals surface area contributed by atoms with Crippen LogP contribution >= 0.6 is 0 Å². The SMILES string of the molecule is C[C@@H]1[C@H](C)[C@@H](C)CC[C@@H]1N.C[C@@H]1[C@H](C)[C@@H](N)CC[C@@H]1C.C[C@H]1[C@H](C)[C@@H](N)CC[C@@H]1C.Cc1ccc(S(=O)(=O)OC[C@@H]2[C@H](COS(=O)(=O)c3ccc(C)cc3)[C@@H]3CC[C@H]2N3C(=O)OC(C)(C)C)cc1. The first kappa shape index (κ1) is 58.0. The number of nitrogens with two attached hydrogens (primary N) is 3. The third kappa shape index (κ3) is 15.5. The first-order valence-corrected chi connectivity index (χ1v) is 28.6. The molecule has 0 aromatic heterocycles. The zero-order valence-corrected chi connectivity index (χ0v) is 45.8.